The highest BCUT2D eigenvalue weighted by molar-refractivity contribution is 6.29. The number of carbonyl (C=O) groups is 1. The van der Waals surface area contributed by atoms with Gasteiger partial charge in [0.15, 0.2) is 5.78 Å². The summed E-state index contributed by atoms with van der Waals surface area (Å²) in [5, 5.41) is 8.69. The minimum atomic E-state index is -0.200. The molecule has 60 valence electrons. The lowest BCUT2D eigenvalue weighted by atomic mass is 10.2. The molecule has 1 aromatic heterocycles. The molecule has 1 rings (SSSR count). The van der Waals surface area contributed by atoms with E-state index in [9.17, 15) is 4.79 Å². The van der Waals surface area contributed by atoms with Gasteiger partial charge in [-0.3, -0.25) is 4.79 Å². The molecule has 0 radical (unpaired) electrons. The van der Waals surface area contributed by atoms with Crippen molar-refractivity contribution in [3.05, 3.63) is 28.5 Å². The van der Waals surface area contributed by atoms with Gasteiger partial charge < -0.3 is 0 Å². The van der Waals surface area contributed by atoms with Crippen molar-refractivity contribution in [2.45, 2.75) is 6.92 Å². The third-order valence-electron chi connectivity index (χ3n) is 1.28. The molecule has 4 heteroatoms. The van der Waals surface area contributed by atoms with Gasteiger partial charge in [0.25, 0.3) is 0 Å². The van der Waals surface area contributed by atoms with E-state index in [1.165, 1.54) is 19.1 Å². The van der Waals surface area contributed by atoms with Crippen molar-refractivity contribution in [2.75, 3.05) is 0 Å². The van der Waals surface area contributed by atoms with E-state index in [-0.39, 0.29) is 16.6 Å². The second kappa shape index (κ2) is 3.33. The quantitative estimate of drug-likeness (QED) is 0.489. The fraction of sp³-hybridized carbons (Fsp3) is 0.125. The number of carbonyl (C=O) groups excluding carboxylic acids is 1. The van der Waals surface area contributed by atoms with Crippen LogP contribution >= 0.6 is 11.6 Å². The number of hydrogen-bond acceptors (Lipinski definition) is 3. The number of nitriles is 1. The van der Waals surface area contributed by atoms with Gasteiger partial charge in [-0.25, -0.2) is 4.98 Å². The number of aromatic nitrogens is 1. The Hall–Kier alpha value is -1.40. The van der Waals surface area contributed by atoms with Gasteiger partial charge in [0.05, 0.1) is 11.6 Å². The molecule has 1 heterocycles. The Morgan fingerprint density at radius 3 is 2.83 bits per heavy atom. The van der Waals surface area contributed by atoms with Crippen LogP contribution in [0.4, 0.5) is 0 Å². The van der Waals surface area contributed by atoms with E-state index in [2.05, 4.69) is 4.98 Å². The van der Waals surface area contributed by atoms with Gasteiger partial charge in [-0.15, -0.1) is 0 Å². The number of rotatable bonds is 1. The van der Waals surface area contributed by atoms with E-state index >= 15 is 0 Å². The zero-order valence-electron chi connectivity index (χ0n) is 6.34. The Kier molecular flexibility index (Phi) is 2.41. The third-order valence-corrected chi connectivity index (χ3v) is 1.48. The molecule has 0 aliphatic rings. The van der Waals surface area contributed by atoms with E-state index < -0.39 is 0 Å². The summed E-state index contributed by atoms with van der Waals surface area (Å²) in [5.74, 6) is -0.200. The second-order valence-corrected chi connectivity index (χ2v) is 2.62. The predicted octanol–water partition coefficient (Wildman–Crippen LogP) is 1.81. The van der Waals surface area contributed by atoms with Gasteiger partial charge in [-0.2, -0.15) is 5.26 Å². The van der Waals surface area contributed by atoms with E-state index in [1.54, 1.807) is 0 Å². The molecule has 12 heavy (non-hydrogen) atoms. The molecule has 0 bridgehead atoms. The van der Waals surface area contributed by atoms with Crippen LogP contribution in [0.1, 0.15) is 23.0 Å². The Morgan fingerprint density at radius 2 is 2.33 bits per heavy atom. The topological polar surface area (TPSA) is 53.8 Å². The molecule has 0 saturated carbocycles. The Labute approximate surface area is 74.6 Å². The number of hydrogen-bond donors (Lipinski definition) is 0. The lowest BCUT2D eigenvalue weighted by molar-refractivity contribution is 0.101. The molecule has 0 atom stereocenters. The average molecular weight is 181 g/mol. The molecule has 0 amide bonds. The number of pyridine rings is 1. The first-order chi connectivity index (χ1) is 5.63. The molecule has 0 fully saturated rings. The van der Waals surface area contributed by atoms with Crippen LogP contribution in [0.2, 0.25) is 5.15 Å². The molecule has 0 aromatic carbocycles. The minimum Gasteiger partial charge on any atom is -0.293 e. The van der Waals surface area contributed by atoms with Crippen molar-refractivity contribution >= 4 is 17.4 Å². The number of nitrogens with zero attached hydrogens (tertiary/aromatic N) is 2. The van der Waals surface area contributed by atoms with Crippen LogP contribution in [0.5, 0.6) is 0 Å². The highest BCUT2D eigenvalue weighted by atomic mass is 35.5. The fourth-order valence-corrected chi connectivity index (χ4v) is 0.950. The normalized spacial score (nSPS) is 9.08. The Morgan fingerprint density at radius 1 is 1.67 bits per heavy atom. The first-order valence-corrected chi connectivity index (χ1v) is 3.60. The van der Waals surface area contributed by atoms with Crippen molar-refractivity contribution in [1.29, 1.82) is 5.26 Å². The maximum absolute atomic E-state index is 10.8. The number of ketones is 1. The van der Waals surface area contributed by atoms with E-state index in [0.29, 0.717) is 5.56 Å². The summed E-state index contributed by atoms with van der Waals surface area (Å²) >= 11 is 5.56. The van der Waals surface area contributed by atoms with Crippen LogP contribution in [-0.4, -0.2) is 10.8 Å². The van der Waals surface area contributed by atoms with E-state index in [0.717, 1.165) is 0 Å². The first-order valence-electron chi connectivity index (χ1n) is 3.22. The molecule has 0 N–H and O–H groups in total. The highest BCUT2D eigenvalue weighted by Gasteiger charge is 2.04. The molecular weight excluding hydrogens is 176 g/mol. The summed E-state index contributed by atoms with van der Waals surface area (Å²) < 4.78 is 0. The summed E-state index contributed by atoms with van der Waals surface area (Å²) in [7, 11) is 0. The van der Waals surface area contributed by atoms with Gasteiger partial charge >= 0.3 is 0 Å². The van der Waals surface area contributed by atoms with Crippen LogP contribution in [0.15, 0.2) is 12.1 Å². The van der Waals surface area contributed by atoms with Crippen LogP contribution in [0.25, 0.3) is 0 Å². The van der Waals surface area contributed by atoms with Crippen LogP contribution in [0, 0.1) is 11.3 Å². The summed E-state index contributed by atoms with van der Waals surface area (Å²) in [5.41, 5.74) is 0.569. The van der Waals surface area contributed by atoms with E-state index in [4.69, 9.17) is 16.9 Å². The standard InChI is InChI=1S/C8H5ClN2O/c1-5(12)7-2-6(4-10)3-8(9)11-7/h2-3H,1H3. The minimum absolute atomic E-state index is 0.166. The zero-order valence-corrected chi connectivity index (χ0v) is 7.09. The molecule has 0 unspecified atom stereocenters. The van der Waals surface area contributed by atoms with E-state index in [1.807, 2.05) is 6.07 Å². The monoisotopic (exact) mass is 180 g/mol. The van der Waals surface area contributed by atoms with Crippen LogP contribution in [-0.2, 0) is 0 Å². The average Bonchev–Trinajstić information content (AvgIpc) is 2.03. The second-order valence-electron chi connectivity index (χ2n) is 2.23. The molecule has 0 aliphatic carbocycles. The van der Waals surface area contributed by atoms with Crippen molar-refractivity contribution in [2.24, 2.45) is 0 Å². The van der Waals surface area contributed by atoms with Crippen molar-refractivity contribution in [3.8, 4) is 6.07 Å². The molecule has 0 saturated heterocycles. The smallest absolute Gasteiger partial charge is 0.178 e. The predicted molar refractivity (Wildman–Crippen MR) is 44.0 cm³/mol. The molecule has 1 aromatic rings. The van der Waals surface area contributed by atoms with Gasteiger partial charge in [0, 0.05) is 6.92 Å². The molecule has 0 aliphatic heterocycles. The number of Topliss-reactive ketones (excluding diaryl/α,β-unsaturated/α-hetero) is 1. The molecular formula is C8H5ClN2O. The molecule has 3 nitrogen and oxygen atoms in total. The first kappa shape index (κ1) is 8.69. The zero-order chi connectivity index (χ0) is 9.14. The lowest BCUT2D eigenvalue weighted by Crippen LogP contribution is -1.97. The molecule has 0 spiro atoms. The fourth-order valence-electron chi connectivity index (χ4n) is 0.742. The SMILES string of the molecule is CC(=O)c1cc(C#N)cc(Cl)n1. The Bertz CT molecular complexity index is 368. The van der Waals surface area contributed by atoms with Crippen LogP contribution < -0.4 is 0 Å². The summed E-state index contributed by atoms with van der Waals surface area (Å²) in [6, 6.07) is 4.71. The van der Waals surface area contributed by atoms with Crippen LogP contribution in [0.3, 0.4) is 0 Å². The number of halogens is 1. The summed E-state index contributed by atoms with van der Waals surface area (Å²) in [6.45, 7) is 1.37. The Balaban J connectivity index is 3.26. The van der Waals surface area contributed by atoms with Gasteiger partial charge in [0.1, 0.15) is 10.8 Å². The van der Waals surface area contributed by atoms with Crippen molar-refractivity contribution in [3.63, 3.8) is 0 Å². The summed E-state index contributed by atoms with van der Waals surface area (Å²) in [4.78, 5) is 14.6. The lowest BCUT2D eigenvalue weighted by Gasteiger charge is -1.95. The van der Waals surface area contributed by atoms with Crippen molar-refractivity contribution in [1.82, 2.24) is 4.98 Å². The highest BCUT2D eigenvalue weighted by Crippen LogP contribution is 2.10. The van der Waals surface area contributed by atoms with Gasteiger partial charge in [0.2, 0.25) is 0 Å². The van der Waals surface area contributed by atoms with Crippen molar-refractivity contribution < 1.29 is 4.79 Å². The maximum atomic E-state index is 10.8. The maximum Gasteiger partial charge on any atom is 0.178 e. The third kappa shape index (κ3) is 1.80. The van der Waals surface area contributed by atoms with Gasteiger partial charge in [-0.05, 0) is 12.1 Å². The summed E-state index contributed by atoms with van der Waals surface area (Å²) in [6.07, 6.45) is 0. The largest absolute Gasteiger partial charge is 0.293 e. The van der Waals surface area contributed by atoms with Gasteiger partial charge in [-0.1, -0.05) is 11.6 Å².